The lowest BCUT2D eigenvalue weighted by Crippen LogP contribution is -2.07. The molecular weight excluding hydrogens is 134 g/mol. The molecule has 0 saturated carbocycles. The molecule has 1 heteroatoms. The lowest BCUT2D eigenvalue weighted by molar-refractivity contribution is 0.557. The summed E-state index contributed by atoms with van der Waals surface area (Å²) in [6.45, 7) is 7.15. The van der Waals surface area contributed by atoms with Gasteiger partial charge in [-0.15, -0.1) is 6.58 Å². The Hall–Kier alpha value is -0.300. The second-order valence-corrected chi connectivity index (χ2v) is 3.17. The molecule has 1 N–H and O–H groups in total. The molecule has 0 bridgehead atoms. The minimum atomic E-state index is 0.699. The Morgan fingerprint density at radius 3 is 2.64 bits per heavy atom. The van der Waals surface area contributed by atoms with E-state index in [1.807, 2.05) is 13.1 Å². The standard InChI is InChI=1S/C10H21N/c1-4-10(2)8-6-5-7-9-11-3/h4,10-11H,1,5-9H2,2-3H3. The normalized spacial score (nSPS) is 12.9. The van der Waals surface area contributed by atoms with Crippen molar-refractivity contribution >= 4 is 0 Å². The smallest absolute Gasteiger partial charge is 0.00519 e. The van der Waals surface area contributed by atoms with Gasteiger partial charge in [-0.05, 0) is 32.4 Å². The zero-order valence-electron chi connectivity index (χ0n) is 7.90. The average Bonchev–Trinajstić information content (AvgIpc) is 2.04. The highest BCUT2D eigenvalue weighted by molar-refractivity contribution is 4.74. The van der Waals surface area contributed by atoms with Gasteiger partial charge in [0.1, 0.15) is 0 Å². The van der Waals surface area contributed by atoms with Gasteiger partial charge in [-0.25, -0.2) is 0 Å². The van der Waals surface area contributed by atoms with Gasteiger partial charge in [0.05, 0.1) is 0 Å². The molecule has 0 aromatic rings. The minimum Gasteiger partial charge on any atom is -0.320 e. The molecule has 66 valence electrons. The molecule has 1 unspecified atom stereocenters. The van der Waals surface area contributed by atoms with Gasteiger partial charge in [-0.3, -0.25) is 0 Å². The summed E-state index contributed by atoms with van der Waals surface area (Å²) in [5.41, 5.74) is 0. The van der Waals surface area contributed by atoms with Gasteiger partial charge >= 0.3 is 0 Å². The first kappa shape index (κ1) is 10.7. The van der Waals surface area contributed by atoms with E-state index < -0.39 is 0 Å². The van der Waals surface area contributed by atoms with Crippen molar-refractivity contribution in [1.82, 2.24) is 5.32 Å². The fourth-order valence-corrected chi connectivity index (χ4v) is 1.06. The zero-order valence-corrected chi connectivity index (χ0v) is 7.90. The average molecular weight is 155 g/mol. The molecule has 0 aromatic carbocycles. The summed E-state index contributed by atoms with van der Waals surface area (Å²) in [6, 6.07) is 0. The quantitative estimate of drug-likeness (QED) is 0.440. The van der Waals surface area contributed by atoms with E-state index in [1.54, 1.807) is 0 Å². The van der Waals surface area contributed by atoms with E-state index >= 15 is 0 Å². The molecule has 0 amide bonds. The van der Waals surface area contributed by atoms with E-state index in [1.165, 1.54) is 25.7 Å². The van der Waals surface area contributed by atoms with Crippen LogP contribution in [0.2, 0.25) is 0 Å². The number of allylic oxidation sites excluding steroid dienone is 1. The Labute approximate surface area is 70.9 Å². The highest BCUT2D eigenvalue weighted by Gasteiger charge is 1.94. The predicted octanol–water partition coefficient (Wildman–Crippen LogP) is 2.59. The fraction of sp³-hybridized carbons (Fsp3) is 0.800. The Morgan fingerprint density at radius 2 is 2.09 bits per heavy atom. The van der Waals surface area contributed by atoms with Gasteiger partial charge in [0, 0.05) is 0 Å². The van der Waals surface area contributed by atoms with Crippen LogP contribution in [-0.2, 0) is 0 Å². The topological polar surface area (TPSA) is 12.0 Å². The van der Waals surface area contributed by atoms with Gasteiger partial charge in [-0.2, -0.15) is 0 Å². The van der Waals surface area contributed by atoms with Gasteiger partial charge < -0.3 is 5.32 Å². The van der Waals surface area contributed by atoms with Crippen molar-refractivity contribution in [1.29, 1.82) is 0 Å². The van der Waals surface area contributed by atoms with Crippen LogP contribution in [0.25, 0.3) is 0 Å². The van der Waals surface area contributed by atoms with Crippen LogP contribution < -0.4 is 5.32 Å². The lowest BCUT2D eigenvalue weighted by Gasteiger charge is -2.04. The van der Waals surface area contributed by atoms with Crippen molar-refractivity contribution in [2.75, 3.05) is 13.6 Å². The van der Waals surface area contributed by atoms with Gasteiger partial charge in [-0.1, -0.05) is 25.8 Å². The van der Waals surface area contributed by atoms with E-state index in [0.717, 1.165) is 6.54 Å². The van der Waals surface area contributed by atoms with Crippen molar-refractivity contribution in [2.24, 2.45) is 5.92 Å². The Kier molecular flexibility index (Phi) is 7.59. The highest BCUT2D eigenvalue weighted by atomic mass is 14.8. The SMILES string of the molecule is C=CC(C)CCCCCNC. The van der Waals surface area contributed by atoms with Crippen molar-refractivity contribution in [3.8, 4) is 0 Å². The molecular formula is C10H21N. The zero-order chi connectivity index (χ0) is 8.53. The van der Waals surface area contributed by atoms with E-state index in [9.17, 15) is 0 Å². The second kappa shape index (κ2) is 7.80. The van der Waals surface area contributed by atoms with Crippen LogP contribution >= 0.6 is 0 Å². The molecule has 11 heavy (non-hydrogen) atoms. The number of unbranched alkanes of at least 4 members (excludes halogenated alkanes) is 2. The second-order valence-electron chi connectivity index (χ2n) is 3.17. The molecule has 0 aliphatic carbocycles. The van der Waals surface area contributed by atoms with Crippen molar-refractivity contribution < 1.29 is 0 Å². The lowest BCUT2D eigenvalue weighted by atomic mass is 10.0. The van der Waals surface area contributed by atoms with Crippen molar-refractivity contribution in [3.63, 3.8) is 0 Å². The molecule has 1 nitrogen and oxygen atoms in total. The number of rotatable bonds is 7. The van der Waals surface area contributed by atoms with Crippen molar-refractivity contribution in [3.05, 3.63) is 12.7 Å². The summed E-state index contributed by atoms with van der Waals surface area (Å²) in [5, 5.41) is 3.15. The van der Waals surface area contributed by atoms with Gasteiger partial charge in [0.2, 0.25) is 0 Å². The molecule has 1 atom stereocenters. The van der Waals surface area contributed by atoms with Crippen LogP contribution in [0.5, 0.6) is 0 Å². The molecule has 0 spiro atoms. The molecule has 0 aliphatic rings. The summed E-state index contributed by atoms with van der Waals surface area (Å²) in [7, 11) is 2.01. The molecule has 0 radical (unpaired) electrons. The summed E-state index contributed by atoms with van der Waals surface area (Å²) >= 11 is 0. The minimum absolute atomic E-state index is 0.699. The van der Waals surface area contributed by atoms with Crippen LogP contribution in [-0.4, -0.2) is 13.6 Å². The maximum absolute atomic E-state index is 3.76. The summed E-state index contributed by atoms with van der Waals surface area (Å²) in [5.74, 6) is 0.699. The maximum atomic E-state index is 3.76. The van der Waals surface area contributed by atoms with E-state index in [4.69, 9.17) is 0 Å². The number of hydrogen-bond acceptors (Lipinski definition) is 1. The van der Waals surface area contributed by atoms with Crippen LogP contribution in [0.4, 0.5) is 0 Å². The summed E-state index contributed by atoms with van der Waals surface area (Å²) in [6.07, 6.45) is 7.33. The first-order chi connectivity index (χ1) is 5.31. The van der Waals surface area contributed by atoms with Gasteiger partial charge in [0.15, 0.2) is 0 Å². The molecule has 0 aromatic heterocycles. The van der Waals surface area contributed by atoms with E-state index in [2.05, 4.69) is 18.8 Å². The fourth-order valence-electron chi connectivity index (χ4n) is 1.06. The first-order valence-corrected chi connectivity index (χ1v) is 4.58. The number of nitrogens with one attached hydrogen (secondary N) is 1. The Morgan fingerprint density at radius 1 is 1.36 bits per heavy atom. The Bertz CT molecular complexity index is 88.9. The van der Waals surface area contributed by atoms with Crippen molar-refractivity contribution in [2.45, 2.75) is 32.6 Å². The summed E-state index contributed by atoms with van der Waals surface area (Å²) < 4.78 is 0. The molecule has 0 rings (SSSR count). The first-order valence-electron chi connectivity index (χ1n) is 4.58. The number of hydrogen-bond donors (Lipinski definition) is 1. The van der Waals surface area contributed by atoms with Crippen LogP contribution in [0.15, 0.2) is 12.7 Å². The highest BCUT2D eigenvalue weighted by Crippen LogP contribution is 2.08. The molecule has 0 aliphatic heterocycles. The van der Waals surface area contributed by atoms with Crippen LogP contribution in [0.3, 0.4) is 0 Å². The van der Waals surface area contributed by atoms with Gasteiger partial charge in [0.25, 0.3) is 0 Å². The van der Waals surface area contributed by atoms with E-state index in [0.29, 0.717) is 5.92 Å². The largest absolute Gasteiger partial charge is 0.320 e. The molecule has 0 heterocycles. The molecule has 0 saturated heterocycles. The van der Waals surface area contributed by atoms with Crippen LogP contribution in [0, 0.1) is 5.92 Å². The summed E-state index contributed by atoms with van der Waals surface area (Å²) in [4.78, 5) is 0. The van der Waals surface area contributed by atoms with Crippen LogP contribution in [0.1, 0.15) is 32.6 Å². The third kappa shape index (κ3) is 7.60. The molecule has 0 fully saturated rings. The maximum Gasteiger partial charge on any atom is -0.00519 e. The Balaban J connectivity index is 2.95. The third-order valence-corrected chi connectivity index (χ3v) is 1.99. The van der Waals surface area contributed by atoms with E-state index in [-0.39, 0.29) is 0 Å². The predicted molar refractivity (Wildman–Crippen MR) is 51.8 cm³/mol. The third-order valence-electron chi connectivity index (χ3n) is 1.99. The monoisotopic (exact) mass is 155 g/mol.